The van der Waals surface area contributed by atoms with Crippen LogP contribution in [-0.2, 0) is 19.2 Å². The van der Waals surface area contributed by atoms with Gasteiger partial charge in [-0.05, 0) is 11.4 Å². The molecule has 23 heavy (non-hydrogen) atoms. The molecule has 10 heteroatoms. The highest BCUT2D eigenvalue weighted by molar-refractivity contribution is 7.14. The highest BCUT2D eigenvalue weighted by Gasteiger charge is 2.30. The lowest BCUT2D eigenvalue weighted by Gasteiger charge is -2.13. The number of rotatable bonds is 4. The lowest BCUT2D eigenvalue weighted by atomic mass is 10.3. The van der Waals surface area contributed by atoms with Gasteiger partial charge in [-0.15, -0.1) is 11.3 Å². The second-order valence-electron chi connectivity index (χ2n) is 4.72. The van der Waals surface area contributed by atoms with Gasteiger partial charge in [-0.3, -0.25) is 39.7 Å². The molecular weight excluding hydrogens is 324 g/mol. The molecule has 1 saturated heterocycles. The van der Waals surface area contributed by atoms with Crippen LogP contribution in [0.2, 0.25) is 0 Å². The molecule has 1 aliphatic heterocycles. The summed E-state index contributed by atoms with van der Waals surface area (Å²) in [4.78, 5) is 58.4. The number of anilines is 1. The van der Waals surface area contributed by atoms with Crippen molar-refractivity contribution in [3.63, 3.8) is 0 Å². The Kier molecular flexibility index (Phi) is 5.06. The molecule has 0 spiro atoms. The summed E-state index contributed by atoms with van der Waals surface area (Å²) in [7, 11) is 0. The highest BCUT2D eigenvalue weighted by Crippen LogP contribution is 2.23. The van der Waals surface area contributed by atoms with Gasteiger partial charge in [-0.25, -0.2) is 0 Å². The van der Waals surface area contributed by atoms with E-state index >= 15 is 0 Å². The Morgan fingerprint density at radius 2 is 1.83 bits per heavy atom. The summed E-state index contributed by atoms with van der Waals surface area (Å²) in [6.45, 7) is 0.850. The summed E-state index contributed by atoms with van der Waals surface area (Å²) < 4.78 is 0. The maximum Gasteiger partial charge on any atom is 0.272 e. The molecule has 0 radical (unpaired) electrons. The van der Waals surface area contributed by atoms with Crippen molar-refractivity contribution in [2.45, 2.75) is 19.8 Å². The number of likely N-dealkylation sites (tertiary alicyclic amines) is 1. The van der Waals surface area contributed by atoms with Crippen molar-refractivity contribution in [3.05, 3.63) is 17.0 Å². The zero-order valence-corrected chi connectivity index (χ0v) is 13.0. The van der Waals surface area contributed by atoms with E-state index in [2.05, 4.69) is 16.2 Å². The molecule has 0 aliphatic carbocycles. The third kappa shape index (κ3) is 4.13. The molecule has 5 amide bonds. The smallest absolute Gasteiger partial charge is 0.272 e. The first-order valence-corrected chi connectivity index (χ1v) is 7.54. The monoisotopic (exact) mass is 338 g/mol. The largest absolute Gasteiger partial charge is 0.315 e. The number of nitrogens with zero attached hydrogens (tertiary/aromatic N) is 1. The summed E-state index contributed by atoms with van der Waals surface area (Å²) in [5.41, 5.74) is 4.49. The van der Waals surface area contributed by atoms with Gasteiger partial charge >= 0.3 is 0 Å². The van der Waals surface area contributed by atoms with Gasteiger partial charge in [0, 0.05) is 19.8 Å². The third-order valence-corrected chi connectivity index (χ3v) is 3.80. The lowest BCUT2D eigenvalue weighted by molar-refractivity contribution is -0.141. The first-order chi connectivity index (χ1) is 10.9. The number of nitrogens with one attached hydrogen (secondary N) is 3. The number of imide groups is 1. The summed E-state index contributed by atoms with van der Waals surface area (Å²) in [5.74, 6) is -2.39. The summed E-state index contributed by atoms with van der Waals surface area (Å²) in [5, 5.41) is 4.34. The van der Waals surface area contributed by atoms with Gasteiger partial charge in [0.15, 0.2) is 0 Å². The molecule has 2 rings (SSSR count). The van der Waals surface area contributed by atoms with Gasteiger partial charge in [0.05, 0.1) is 5.56 Å². The first-order valence-electron chi connectivity index (χ1n) is 6.66. The number of thiophene rings is 1. The SMILES string of the molecule is CC(=O)NNC(=O)c1ccsc1NC(=O)CN1C(=O)CCC1=O. The van der Waals surface area contributed by atoms with E-state index in [9.17, 15) is 24.0 Å². The third-order valence-electron chi connectivity index (χ3n) is 2.97. The van der Waals surface area contributed by atoms with Crippen molar-refractivity contribution in [2.75, 3.05) is 11.9 Å². The van der Waals surface area contributed by atoms with Gasteiger partial charge in [0.25, 0.3) is 5.91 Å². The normalized spacial score (nSPS) is 13.9. The zero-order valence-electron chi connectivity index (χ0n) is 12.2. The molecule has 1 fully saturated rings. The van der Waals surface area contributed by atoms with Crippen LogP contribution in [0.1, 0.15) is 30.1 Å². The van der Waals surface area contributed by atoms with Crippen molar-refractivity contribution < 1.29 is 24.0 Å². The Bertz CT molecular complexity index is 668. The fourth-order valence-corrected chi connectivity index (χ4v) is 2.71. The summed E-state index contributed by atoms with van der Waals surface area (Å²) in [6.07, 6.45) is 0.213. The molecule has 9 nitrogen and oxygen atoms in total. The Morgan fingerprint density at radius 1 is 1.17 bits per heavy atom. The summed E-state index contributed by atoms with van der Waals surface area (Å²) >= 11 is 1.11. The first kappa shape index (κ1) is 16.6. The Morgan fingerprint density at radius 3 is 2.43 bits per heavy atom. The minimum Gasteiger partial charge on any atom is -0.315 e. The number of carbonyl (C=O) groups excluding carboxylic acids is 5. The molecule has 1 aliphatic rings. The molecule has 122 valence electrons. The molecule has 2 heterocycles. The van der Waals surface area contributed by atoms with Crippen molar-refractivity contribution >= 4 is 45.9 Å². The molecule has 0 atom stereocenters. The van der Waals surface area contributed by atoms with Crippen LogP contribution < -0.4 is 16.2 Å². The molecule has 0 saturated carbocycles. The highest BCUT2D eigenvalue weighted by atomic mass is 32.1. The fraction of sp³-hybridized carbons (Fsp3) is 0.308. The van der Waals surface area contributed by atoms with Gasteiger partial charge in [0.1, 0.15) is 11.5 Å². The van der Waals surface area contributed by atoms with Crippen molar-refractivity contribution in [3.8, 4) is 0 Å². The Labute approximate surface area is 135 Å². The molecule has 0 unspecified atom stereocenters. The van der Waals surface area contributed by atoms with E-state index in [0.29, 0.717) is 0 Å². The number of hydrogen-bond acceptors (Lipinski definition) is 6. The van der Waals surface area contributed by atoms with Gasteiger partial charge in [0.2, 0.25) is 23.6 Å². The minimum atomic E-state index is -0.593. The molecule has 0 aromatic carbocycles. The van der Waals surface area contributed by atoms with Gasteiger partial charge < -0.3 is 5.32 Å². The Hall–Kier alpha value is -2.75. The summed E-state index contributed by atoms with van der Waals surface area (Å²) in [6, 6.07) is 1.48. The van der Waals surface area contributed by atoms with Crippen molar-refractivity contribution in [2.24, 2.45) is 0 Å². The standard InChI is InChI=1S/C13H14N4O5S/c1-7(18)15-16-12(22)8-4-5-23-13(8)14-9(19)6-17-10(20)2-3-11(17)21/h4-5H,2-3,6H2,1H3,(H,14,19)(H,15,18)(H,16,22). The van der Waals surface area contributed by atoms with E-state index < -0.39 is 17.7 Å². The fourth-order valence-electron chi connectivity index (χ4n) is 1.91. The van der Waals surface area contributed by atoms with Crippen LogP contribution in [0, 0.1) is 0 Å². The van der Waals surface area contributed by atoms with Crippen LogP contribution in [0.25, 0.3) is 0 Å². The van der Waals surface area contributed by atoms with E-state index in [-0.39, 0.29) is 41.8 Å². The molecule has 3 N–H and O–H groups in total. The van der Waals surface area contributed by atoms with Crippen LogP contribution in [0.5, 0.6) is 0 Å². The van der Waals surface area contributed by atoms with Crippen LogP contribution >= 0.6 is 11.3 Å². The van der Waals surface area contributed by atoms with Crippen LogP contribution in [-0.4, -0.2) is 41.0 Å². The predicted molar refractivity (Wildman–Crippen MR) is 80.2 cm³/mol. The molecule has 1 aromatic heterocycles. The van der Waals surface area contributed by atoms with E-state index in [4.69, 9.17) is 0 Å². The Balaban J connectivity index is 1.98. The maximum absolute atomic E-state index is 11.9. The number of amides is 5. The number of hydrazine groups is 1. The maximum atomic E-state index is 11.9. The molecule has 0 bridgehead atoms. The average molecular weight is 338 g/mol. The number of hydrogen-bond donors (Lipinski definition) is 3. The van der Waals surface area contributed by atoms with Crippen LogP contribution in [0.15, 0.2) is 11.4 Å². The molecule has 1 aromatic rings. The van der Waals surface area contributed by atoms with E-state index in [1.54, 1.807) is 5.38 Å². The van der Waals surface area contributed by atoms with E-state index in [1.165, 1.54) is 13.0 Å². The zero-order chi connectivity index (χ0) is 17.0. The van der Waals surface area contributed by atoms with Crippen molar-refractivity contribution in [1.29, 1.82) is 0 Å². The topological polar surface area (TPSA) is 125 Å². The van der Waals surface area contributed by atoms with Gasteiger partial charge in [-0.1, -0.05) is 0 Å². The quantitative estimate of drug-likeness (QED) is 0.510. The van der Waals surface area contributed by atoms with E-state index in [1.807, 2.05) is 0 Å². The molecular formula is C13H14N4O5S. The number of carbonyl (C=O) groups is 5. The van der Waals surface area contributed by atoms with Gasteiger partial charge in [-0.2, -0.15) is 0 Å². The van der Waals surface area contributed by atoms with E-state index in [0.717, 1.165) is 16.2 Å². The van der Waals surface area contributed by atoms with Crippen LogP contribution in [0.3, 0.4) is 0 Å². The average Bonchev–Trinajstić information content (AvgIpc) is 3.06. The van der Waals surface area contributed by atoms with Crippen LogP contribution in [0.4, 0.5) is 5.00 Å². The second kappa shape index (κ2) is 7.01. The lowest BCUT2D eigenvalue weighted by Crippen LogP contribution is -2.40. The van der Waals surface area contributed by atoms with Crippen molar-refractivity contribution in [1.82, 2.24) is 15.8 Å². The predicted octanol–water partition coefficient (Wildman–Crippen LogP) is -0.384. The minimum absolute atomic E-state index is 0.107. The second-order valence-corrected chi connectivity index (χ2v) is 5.64.